The fourth-order valence-corrected chi connectivity index (χ4v) is 2.11. The van der Waals surface area contributed by atoms with E-state index in [2.05, 4.69) is 15.0 Å². The summed E-state index contributed by atoms with van der Waals surface area (Å²) in [7, 11) is 1.37. The number of hydrogen-bond donors (Lipinski definition) is 1. The number of carbonyl (C=O) groups is 2. The Bertz CT molecular complexity index is 442. The Kier molecular flexibility index (Phi) is 4.33. The predicted octanol–water partition coefficient (Wildman–Crippen LogP) is 1.04. The van der Waals surface area contributed by atoms with Crippen molar-refractivity contribution in [2.75, 3.05) is 20.2 Å². The third kappa shape index (κ3) is 3.43. The molecule has 0 saturated carbocycles. The van der Waals surface area contributed by atoms with Crippen LogP contribution >= 0.6 is 0 Å². The number of aromatic nitrogens is 1. The molecule has 2 heterocycles. The molecule has 102 valence electrons. The first-order valence-electron chi connectivity index (χ1n) is 6.24. The molecule has 1 aliphatic rings. The Labute approximate surface area is 111 Å². The third-order valence-electron chi connectivity index (χ3n) is 3.21. The summed E-state index contributed by atoms with van der Waals surface area (Å²) in [5.41, 5.74) is 0.602. The van der Waals surface area contributed by atoms with E-state index in [1.807, 2.05) is 0 Å². The van der Waals surface area contributed by atoms with Gasteiger partial charge in [0.1, 0.15) is 0 Å². The fourth-order valence-electron chi connectivity index (χ4n) is 2.11. The van der Waals surface area contributed by atoms with Gasteiger partial charge < -0.3 is 15.0 Å². The van der Waals surface area contributed by atoms with Gasteiger partial charge >= 0.3 is 6.09 Å². The SMILES string of the molecule is COC(=O)N1CCC(NC(=O)c2ccncc2)CC1. The van der Waals surface area contributed by atoms with Crippen LogP contribution in [0.5, 0.6) is 0 Å². The number of ether oxygens (including phenoxy) is 1. The second kappa shape index (κ2) is 6.17. The molecule has 2 rings (SSSR count). The topological polar surface area (TPSA) is 71.5 Å². The van der Waals surface area contributed by atoms with Crippen LogP contribution in [0, 0.1) is 0 Å². The summed E-state index contributed by atoms with van der Waals surface area (Å²) in [5, 5.41) is 2.97. The van der Waals surface area contributed by atoms with E-state index in [4.69, 9.17) is 0 Å². The van der Waals surface area contributed by atoms with Gasteiger partial charge in [-0.1, -0.05) is 0 Å². The van der Waals surface area contributed by atoms with Gasteiger partial charge in [-0.2, -0.15) is 0 Å². The molecule has 1 aliphatic heterocycles. The molecule has 1 aromatic rings. The van der Waals surface area contributed by atoms with Crippen molar-refractivity contribution >= 4 is 12.0 Å². The lowest BCUT2D eigenvalue weighted by molar-refractivity contribution is 0.0892. The highest BCUT2D eigenvalue weighted by Crippen LogP contribution is 2.12. The van der Waals surface area contributed by atoms with Crippen LogP contribution in [-0.4, -0.2) is 48.1 Å². The highest BCUT2D eigenvalue weighted by molar-refractivity contribution is 5.94. The van der Waals surface area contributed by atoms with E-state index in [9.17, 15) is 9.59 Å². The Morgan fingerprint density at radius 2 is 1.95 bits per heavy atom. The van der Waals surface area contributed by atoms with Crippen LogP contribution in [0.3, 0.4) is 0 Å². The highest BCUT2D eigenvalue weighted by atomic mass is 16.5. The van der Waals surface area contributed by atoms with E-state index in [1.165, 1.54) is 7.11 Å². The van der Waals surface area contributed by atoms with Gasteiger partial charge in [0.2, 0.25) is 0 Å². The molecule has 1 fully saturated rings. The lowest BCUT2D eigenvalue weighted by atomic mass is 10.0. The first-order chi connectivity index (χ1) is 9.20. The zero-order valence-corrected chi connectivity index (χ0v) is 10.8. The van der Waals surface area contributed by atoms with E-state index < -0.39 is 0 Å². The number of pyridine rings is 1. The molecule has 2 amide bonds. The van der Waals surface area contributed by atoms with E-state index >= 15 is 0 Å². The van der Waals surface area contributed by atoms with Crippen molar-refractivity contribution in [3.63, 3.8) is 0 Å². The molecule has 0 atom stereocenters. The monoisotopic (exact) mass is 263 g/mol. The minimum atomic E-state index is -0.307. The van der Waals surface area contributed by atoms with Gasteiger partial charge in [-0.05, 0) is 25.0 Å². The van der Waals surface area contributed by atoms with Crippen molar-refractivity contribution in [1.82, 2.24) is 15.2 Å². The average Bonchev–Trinajstić information content (AvgIpc) is 2.48. The quantitative estimate of drug-likeness (QED) is 0.865. The van der Waals surface area contributed by atoms with Crippen LogP contribution < -0.4 is 5.32 Å². The van der Waals surface area contributed by atoms with E-state index in [0.717, 1.165) is 12.8 Å². The van der Waals surface area contributed by atoms with Gasteiger partial charge in [0.25, 0.3) is 5.91 Å². The summed E-state index contributed by atoms with van der Waals surface area (Å²) >= 11 is 0. The number of rotatable bonds is 2. The number of piperidine rings is 1. The number of methoxy groups -OCH3 is 1. The van der Waals surface area contributed by atoms with Crippen LogP contribution in [0.1, 0.15) is 23.2 Å². The molecule has 0 spiro atoms. The largest absolute Gasteiger partial charge is 0.453 e. The maximum atomic E-state index is 11.9. The number of hydrogen-bond acceptors (Lipinski definition) is 4. The molecule has 0 unspecified atom stereocenters. The molecule has 6 nitrogen and oxygen atoms in total. The van der Waals surface area contributed by atoms with Crippen LogP contribution in [0.15, 0.2) is 24.5 Å². The molecule has 19 heavy (non-hydrogen) atoms. The van der Waals surface area contributed by atoms with Crippen molar-refractivity contribution in [2.45, 2.75) is 18.9 Å². The molecule has 0 radical (unpaired) electrons. The number of amides is 2. The third-order valence-corrected chi connectivity index (χ3v) is 3.21. The van der Waals surface area contributed by atoms with Gasteiger partial charge in [0, 0.05) is 37.1 Å². The second-order valence-electron chi connectivity index (χ2n) is 4.44. The van der Waals surface area contributed by atoms with Gasteiger partial charge in [0.15, 0.2) is 0 Å². The van der Waals surface area contributed by atoms with Crippen molar-refractivity contribution in [2.24, 2.45) is 0 Å². The maximum Gasteiger partial charge on any atom is 0.409 e. The van der Waals surface area contributed by atoms with Crippen molar-refractivity contribution in [1.29, 1.82) is 0 Å². The number of carbonyl (C=O) groups excluding carboxylic acids is 2. The first-order valence-corrected chi connectivity index (χ1v) is 6.24. The molecule has 0 aromatic carbocycles. The molecule has 1 N–H and O–H groups in total. The smallest absolute Gasteiger partial charge is 0.409 e. The zero-order valence-electron chi connectivity index (χ0n) is 10.8. The lowest BCUT2D eigenvalue weighted by Gasteiger charge is -2.31. The summed E-state index contributed by atoms with van der Waals surface area (Å²) in [4.78, 5) is 28.8. The van der Waals surface area contributed by atoms with Crippen LogP contribution in [0.2, 0.25) is 0 Å². The second-order valence-corrected chi connectivity index (χ2v) is 4.44. The van der Waals surface area contributed by atoms with E-state index in [1.54, 1.807) is 29.4 Å². The summed E-state index contributed by atoms with van der Waals surface area (Å²) in [6.45, 7) is 1.21. The fraction of sp³-hybridized carbons (Fsp3) is 0.462. The summed E-state index contributed by atoms with van der Waals surface area (Å²) in [6.07, 6.45) is 4.36. The molecule has 0 bridgehead atoms. The molecule has 6 heteroatoms. The maximum absolute atomic E-state index is 11.9. The predicted molar refractivity (Wildman–Crippen MR) is 68.7 cm³/mol. The first kappa shape index (κ1) is 13.3. The van der Waals surface area contributed by atoms with Gasteiger partial charge in [0.05, 0.1) is 7.11 Å². The molecular weight excluding hydrogens is 246 g/mol. The van der Waals surface area contributed by atoms with Crippen LogP contribution in [0.25, 0.3) is 0 Å². The lowest BCUT2D eigenvalue weighted by Crippen LogP contribution is -2.46. The van der Waals surface area contributed by atoms with Gasteiger partial charge in [-0.15, -0.1) is 0 Å². The zero-order chi connectivity index (χ0) is 13.7. The van der Waals surface area contributed by atoms with Crippen LogP contribution in [-0.2, 0) is 4.74 Å². The van der Waals surface area contributed by atoms with Crippen molar-refractivity contribution in [3.05, 3.63) is 30.1 Å². The van der Waals surface area contributed by atoms with E-state index in [-0.39, 0.29) is 18.0 Å². The molecular formula is C13H17N3O3. The normalized spacial score (nSPS) is 15.9. The average molecular weight is 263 g/mol. The van der Waals surface area contributed by atoms with Crippen molar-refractivity contribution in [3.8, 4) is 0 Å². The Hall–Kier alpha value is -2.11. The van der Waals surface area contributed by atoms with Crippen LogP contribution in [0.4, 0.5) is 4.79 Å². The summed E-state index contributed by atoms with van der Waals surface area (Å²) < 4.78 is 4.67. The highest BCUT2D eigenvalue weighted by Gasteiger charge is 2.24. The number of nitrogens with zero attached hydrogens (tertiary/aromatic N) is 2. The van der Waals surface area contributed by atoms with Crippen molar-refractivity contribution < 1.29 is 14.3 Å². The molecule has 0 aliphatic carbocycles. The van der Waals surface area contributed by atoms with E-state index in [0.29, 0.717) is 18.7 Å². The summed E-state index contributed by atoms with van der Waals surface area (Å²) in [5.74, 6) is -0.0982. The Balaban J connectivity index is 1.83. The minimum Gasteiger partial charge on any atom is -0.453 e. The minimum absolute atomic E-state index is 0.0982. The Morgan fingerprint density at radius 3 is 2.53 bits per heavy atom. The standard InChI is InChI=1S/C13H17N3O3/c1-19-13(18)16-8-4-11(5-9-16)15-12(17)10-2-6-14-7-3-10/h2-3,6-7,11H,4-5,8-9H2,1H3,(H,15,17). The summed E-state index contributed by atoms with van der Waals surface area (Å²) in [6, 6.07) is 3.46. The number of nitrogens with one attached hydrogen (secondary N) is 1. The van der Waals surface area contributed by atoms with Gasteiger partial charge in [-0.3, -0.25) is 9.78 Å². The number of likely N-dealkylation sites (tertiary alicyclic amines) is 1. The Morgan fingerprint density at radius 1 is 1.32 bits per heavy atom. The molecule has 1 aromatic heterocycles. The van der Waals surface area contributed by atoms with Gasteiger partial charge in [-0.25, -0.2) is 4.79 Å². The molecule has 1 saturated heterocycles.